The number of piperidine rings is 1. The Kier molecular flexibility index (Phi) is 7.27. The first kappa shape index (κ1) is 17.7. The van der Waals surface area contributed by atoms with E-state index in [2.05, 4.69) is 10.2 Å². The molecule has 1 amide bonds. The van der Waals surface area contributed by atoms with Crippen LogP contribution in [0, 0.1) is 5.41 Å². The van der Waals surface area contributed by atoms with Gasteiger partial charge < -0.3 is 15.0 Å². The van der Waals surface area contributed by atoms with E-state index in [1.807, 2.05) is 7.05 Å². The van der Waals surface area contributed by atoms with E-state index < -0.39 is 0 Å². The Balaban J connectivity index is 0.00000200. The lowest BCUT2D eigenvalue weighted by molar-refractivity contribution is -0.144. The van der Waals surface area contributed by atoms with Crippen LogP contribution in [0.15, 0.2) is 0 Å². The summed E-state index contributed by atoms with van der Waals surface area (Å²) in [5, 5.41) is 3.32. The van der Waals surface area contributed by atoms with Crippen LogP contribution in [0.4, 0.5) is 0 Å². The van der Waals surface area contributed by atoms with Gasteiger partial charge >= 0.3 is 0 Å². The second kappa shape index (κ2) is 8.20. The second-order valence-corrected chi connectivity index (χ2v) is 6.09. The third-order valence-electron chi connectivity index (χ3n) is 4.99. The molecule has 0 bridgehead atoms. The molecular formula is C15H29ClN2O2. The summed E-state index contributed by atoms with van der Waals surface area (Å²) >= 11 is 0. The van der Waals surface area contributed by atoms with E-state index >= 15 is 0 Å². The highest BCUT2D eigenvalue weighted by molar-refractivity contribution is 5.85. The molecule has 0 radical (unpaired) electrons. The minimum Gasteiger partial charge on any atom is -0.385 e. The van der Waals surface area contributed by atoms with Crippen LogP contribution in [-0.4, -0.2) is 50.7 Å². The molecule has 4 nitrogen and oxygen atoms in total. The second-order valence-electron chi connectivity index (χ2n) is 6.09. The summed E-state index contributed by atoms with van der Waals surface area (Å²) in [6.45, 7) is 2.54. The molecule has 0 unspecified atom stereocenters. The number of likely N-dealkylation sites (tertiary alicyclic amines) is 1. The molecule has 0 spiro atoms. The van der Waals surface area contributed by atoms with Gasteiger partial charge in [0.05, 0.1) is 5.41 Å². The number of ether oxygens (including phenoxy) is 1. The van der Waals surface area contributed by atoms with Crippen molar-refractivity contribution in [3.05, 3.63) is 0 Å². The molecule has 1 saturated heterocycles. The van der Waals surface area contributed by atoms with Crippen LogP contribution < -0.4 is 5.32 Å². The lowest BCUT2D eigenvalue weighted by atomic mass is 9.81. The molecule has 1 aliphatic carbocycles. The van der Waals surface area contributed by atoms with E-state index in [1.54, 1.807) is 7.11 Å². The quantitative estimate of drug-likeness (QED) is 0.847. The highest BCUT2D eigenvalue weighted by Crippen LogP contribution is 2.43. The van der Waals surface area contributed by atoms with E-state index in [0.717, 1.165) is 45.2 Å². The number of hydrogen-bond acceptors (Lipinski definition) is 3. The maximum absolute atomic E-state index is 12.9. The summed E-state index contributed by atoms with van der Waals surface area (Å²) in [6, 6.07) is 0.586. The maximum atomic E-state index is 12.9. The molecule has 0 aromatic carbocycles. The number of rotatable bonds is 5. The molecule has 5 heteroatoms. The molecule has 1 N–H and O–H groups in total. The maximum Gasteiger partial charge on any atom is 0.228 e. The minimum atomic E-state index is -0.109. The van der Waals surface area contributed by atoms with Gasteiger partial charge in [-0.1, -0.05) is 12.8 Å². The molecule has 118 valence electrons. The number of halogens is 1. The van der Waals surface area contributed by atoms with Crippen molar-refractivity contribution in [2.75, 3.05) is 33.9 Å². The Bertz CT molecular complexity index is 298. The highest BCUT2D eigenvalue weighted by Gasteiger charge is 2.43. The number of carbonyl (C=O) groups excluding carboxylic acids is 1. The zero-order chi connectivity index (χ0) is 13.7. The summed E-state index contributed by atoms with van der Waals surface area (Å²) in [4.78, 5) is 15.0. The molecule has 1 saturated carbocycles. The Morgan fingerprint density at radius 1 is 1.30 bits per heavy atom. The van der Waals surface area contributed by atoms with Crippen molar-refractivity contribution in [1.82, 2.24) is 10.2 Å². The van der Waals surface area contributed by atoms with Crippen LogP contribution in [0.2, 0.25) is 0 Å². The molecule has 20 heavy (non-hydrogen) atoms. The number of hydrogen-bond donors (Lipinski definition) is 1. The Hall–Kier alpha value is -0.320. The Labute approximate surface area is 129 Å². The molecule has 0 aromatic heterocycles. The number of carbonyl (C=O) groups is 1. The Morgan fingerprint density at radius 3 is 2.40 bits per heavy atom. The van der Waals surface area contributed by atoms with Crippen molar-refractivity contribution in [2.24, 2.45) is 5.41 Å². The van der Waals surface area contributed by atoms with Crippen LogP contribution in [0.3, 0.4) is 0 Å². The topological polar surface area (TPSA) is 41.6 Å². The van der Waals surface area contributed by atoms with Crippen LogP contribution in [0.25, 0.3) is 0 Å². The van der Waals surface area contributed by atoms with Gasteiger partial charge in [0.1, 0.15) is 0 Å². The van der Waals surface area contributed by atoms with E-state index in [9.17, 15) is 4.79 Å². The fourth-order valence-corrected chi connectivity index (χ4v) is 3.63. The third-order valence-corrected chi connectivity index (χ3v) is 4.99. The van der Waals surface area contributed by atoms with Crippen molar-refractivity contribution in [3.8, 4) is 0 Å². The fourth-order valence-electron chi connectivity index (χ4n) is 3.63. The number of amides is 1. The number of nitrogens with zero attached hydrogens (tertiary/aromatic N) is 1. The zero-order valence-corrected chi connectivity index (χ0v) is 13.6. The summed E-state index contributed by atoms with van der Waals surface area (Å²) < 4.78 is 5.22. The largest absolute Gasteiger partial charge is 0.385 e. The molecule has 1 heterocycles. The van der Waals surface area contributed by atoms with Gasteiger partial charge in [-0.05, 0) is 39.2 Å². The standard InChI is InChI=1S/C15H28N2O2.ClH/c1-16-13-5-10-17(11-6-13)14(18)15(9-12-19-2)7-3-4-8-15;/h13,16H,3-12H2,1-2H3;1H. The van der Waals surface area contributed by atoms with Gasteiger partial charge in [0, 0.05) is 32.8 Å². The molecule has 2 fully saturated rings. The van der Waals surface area contributed by atoms with Gasteiger partial charge in [-0.25, -0.2) is 0 Å². The molecular weight excluding hydrogens is 276 g/mol. The summed E-state index contributed by atoms with van der Waals surface area (Å²) in [5.41, 5.74) is -0.109. The smallest absolute Gasteiger partial charge is 0.228 e. The first-order valence-corrected chi connectivity index (χ1v) is 7.67. The number of methoxy groups -OCH3 is 1. The van der Waals surface area contributed by atoms with Crippen molar-refractivity contribution < 1.29 is 9.53 Å². The average Bonchev–Trinajstić information content (AvgIpc) is 2.94. The van der Waals surface area contributed by atoms with Crippen molar-refractivity contribution in [2.45, 2.75) is 51.0 Å². The van der Waals surface area contributed by atoms with E-state index in [1.165, 1.54) is 12.8 Å². The van der Waals surface area contributed by atoms with Crippen molar-refractivity contribution in [1.29, 1.82) is 0 Å². The minimum absolute atomic E-state index is 0. The highest BCUT2D eigenvalue weighted by atomic mass is 35.5. The van der Waals surface area contributed by atoms with Crippen LogP contribution >= 0.6 is 12.4 Å². The molecule has 0 aromatic rings. The SMILES string of the molecule is CNC1CCN(C(=O)C2(CCOC)CCCC2)CC1.Cl. The van der Waals surface area contributed by atoms with Gasteiger partial charge in [0.15, 0.2) is 0 Å². The van der Waals surface area contributed by atoms with Crippen LogP contribution in [0.1, 0.15) is 44.9 Å². The van der Waals surface area contributed by atoms with E-state index in [-0.39, 0.29) is 17.8 Å². The van der Waals surface area contributed by atoms with Gasteiger partial charge in [-0.2, -0.15) is 0 Å². The average molecular weight is 305 g/mol. The van der Waals surface area contributed by atoms with Gasteiger partial charge in [0.2, 0.25) is 5.91 Å². The van der Waals surface area contributed by atoms with Gasteiger partial charge in [0.25, 0.3) is 0 Å². The fraction of sp³-hybridized carbons (Fsp3) is 0.933. The van der Waals surface area contributed by atoms with Crippen molar-refractivity contribution >= 4 is 18.3 Å². The van der Waals surface area contributed by atoms with Crippen LogP contribution in [0.5, 0.6) is 0 Å². The van der Waals surface area contributed by atoms with E-state index in [0.29, 0.717) is 18.6 Å². The third kappa shape index (κ3) is 3.86. The van der Waals surface area contributed by atoms with Gasteiger partial charge in [-0.3, -0.25) is 4.79 Å². The predicted octanol–water partition coefficient (Wildman–Crippen LogP) is 2.22. The molecule has 1 aliphatic heterocycles. The van der Waals surface area contributed by atoms with Crippen LogP contribution in [-0.2, 0) is 9.53 Å². The van der Waals surface area contributed by atoms with E-state index in [4.69, 9.17) is 4.74 Å². The van der Waals surface area contributed by atoms with Gasteiger partial charge in [-0.15, -0.1) is 12.4 Å². The normalized spacial score (nSPS) is 22.6. The zero-order valence-electron chi connectivity index (χ0n) is 12.8. The molecule has 2 aliphatic rings. The monoisotopic (exact) mass is 304 g/mol. The molecule has 2 rings (SSSR count). The first-order valence-electron chi connectivity index (χ1n) is 7.67. The summed E-state index contributed by atoms with van der Waals surface area (Å²) in [7, 11) is 3.74. The summed E-state index contributed by atoms with van der Waals surface area (Å²) in [5.74, 6) is 0.400. The predicted molar refractivity (Wildman–Crippen MR) is 83.3 cm³/mol. The summed E-state index contributed by atoms with van der Waals surface area (Å²) in [6.07, 6.45) is 7.58. The first-order chi connectivity index (χ1) is 9.22. The lowest BCUT2D eigenvalue weighted by Gasteiger charge is -2.38. The lowest BCUT2D eigenvalue weighted by Crippen LogP contribution is -2.49. The molecule has 0 atom stereocenters. The van der Waals surface area contributed by atoms with Crippen molar-refractivity contribution in [3.63, 3.8) is 0 Å². The Morgan fingerprint density at radius 2 is 1.90 bits per heavy atom. The number of nitrogens with one attached hydrogen (secondary N) is 1.